The first-order valence-electron chi connectivity index (χ1n) is 3.80. The maximum absolute atomic E-state index is 10.6. The van der Waals surface area contributed by atoms with E-state index in [2.05, 4.69) is 0 Å². The summed E-state index contributed by atoms with van der Waals surface area (Å²) in [4.78, 5) is 10.6. The molecule has 0 bridgehead atoms. The van der Waals surface area contributed by atoms with Gasteiger partial charge in [-0.3, -0.25) is 4.79 Å². The van der Waals surface area contributed by atoms with Gasteiger partial charge in [-0.05, 0) is 5.56 Å². The molecule has 3 N–H and O–H groups in total. The zero-order valence-corrected chi connectivity index (χ0v) is 9.01. The normalized spacial score (nSPS) is 13.9. The van der Waals surface area contributed by atoms with Crippen LogP contribution in [0.3, 0.4) is 0 Å². The second-order valence-corrected chi connectivity index (χ2v) is 4.02. The predicted octanol–water partition coefficient (Wildman–Crippen LogP) is 2.21. The number of carbonyl (C=O) groups is 1. The third-order valence-corrected chi connectivity index (χ3v) is 3.21. The third-order valence-electron chi connectivity index (χ3n) is 1.72. The number of nitrogens with two attached hydrogens (primary N) is 1. The summed E-state index contributed by atoms with van der Waals surface area (Å²) in [6.07, 6.45) is 0. The van der Waals surface area contributed by atoms with E-state index in [0.29, 0.717) is 0 Å². The number of halogens is 1. The fourth-order valence-electron chi connectivity index (χ4n) is 0.969. The van der Waals surface area contributed by atoms with E-state index >= 15 is 0 Å². The van der Waals surface area contributed by atoms with Crippen molar-refractivity contribution in [1.29, 1.82) is 0 Å². The molecule has 4 heteroatoms. The maximum atomic E-state index is 10.6. The average Bonchev–Trinajstić information content (AvgIpc) is 2.17. The largest absolute Gasteiger partial charge is 0.480 e. The molecule has 0 aliphatic heterocycles. The van der Waals surface area contributed by atoms with Gasteiger partial charge in [-0.1, -0.05) is 60.3 Å². The Kier molecular flexibility index (Phi) is 5.71. The van der Waals surface area contributed by atoms with Crippen LogP contribution in [-0.2, 0) is 4.79 Å². The summed E-state index contributed by atoms with van der Waals surface area (Å²) in [6, 6.07) is 8.53. The van der Waals surface area contributed by atoms with Crippen LogP contribution in [0, 0.1) is 0 Å². The molecule has 0 fully saturated rings. The Morgan fingerprint density at radius 2 is 1.86 bits per heavy atom. The number of carboxylic acids is 1. The van der Waals surface area contributed by atoms with Crippen LogP contribution in [0.5, 0.6) is 0 Å². The van der Waals surface area contributed by atoms with E-state index in [1.807, 2.05) is 52.9 Å². The van der Waals surface area contributed by atoms with Crippen molar-refractivity contribution in [1.82, 2.24) is 0 Å². The number of rotatable bonds is 3. The van der Waals surface area contributed by atoms with E-state index < -0.39 is 12.0 Å². The molecule has 1 unspecified atom stereocenters. The lowest BCUT2D eigenvalue weighted by atomic mass is 10.1. The van der Waals surface area contributed by atoms with Crippen LogP contribution in [0.4, 0.5) is 0 Å². The van der Waals surface area contributed by atoms with Gasteiger partial charge < -0.3 is 10.8 Å². The minimum Gasteiger partial charge on any atom is -0.480 e. The van der Waals surface area contributed by atoms with E-state index in [4.69, 9.17) is 10.8 Å². The van der Waals surface area contributed by atoms with Crippen LogP contribution in [0.25, 0.3) is 0 Å². The van der Waals surface area contributed by atoms with Crippen molar-refractivity contribution >= 4 is 28.6 Å². The highest BCUT2D eigenvalue weighted by Crippen LogP contribution is 2.25. The van der Waals surface area contributed by atoms with E-state index in [-0.39, 0.29) is 11.4 Å². The number of benzene rings is 1. The lowest BCUT2D eigenvalue weighted by Crippen LogP contribution is -2.33. The SMILES string of the molecule is C.N[C@H](C(=O)O)C(I)c1ccccc1. The minimum absolute atomic E-state index is 0. The smallest absolute Gasteiger partial charge is 0.321 e. The summed E-state index contributed by atoms with van der Waals surface area (Å²) in [5.74, 6) is -0.969. The number of aliphatic carboxylic acids is 1. The first-order valence-corrected chi connectivity index (χ1v) is 5.05. The fraction of sp³-hybridized carbons (Fsp3) is 0.300. The molecule has 0 saturated carbocycles. The van der Waals surface area contributed by atoms with Gasteiger partial charge in [0.2, 0.25) is 0 Å². The topological polar surface area (TPSA) is 63.3 Å². The van der Waals surface area contributed by atoms with E-state index in [1.165, 1.54) is 0 Å². The van der Waals surface area contributed by atoms with Crippen molar-refractivity contribution in [2.45, 2.75) is 17.4 Å². The van der Waals surface area contributed by atoms with Gasteiger partial charge in [0.25, 0.3) is 0 Å². The third kappa shape index (κ3) is 3.26. The monoisotopic (exact) mass is 307 g/mol. The number of alkyl halides is 1. The standard InChI is InChI=1S/C9H10INO2.CH4/c10-7(8(11)9(12)13)6-4-2-1-3-5-6;/h1-5,7-8H,11H2,(H,12,13);1H4/t7?,8-;/m0./s1. The molecule has 0 amide bonds. The molecule has 78 valence electrons. The first-order chi connectivity index (χ1) is 6.13. The van der Waals surface area contributed by atoms with E-state index in [1.54, 1.807) is 0 Å². The summed E-state index contributed by atoms with van der Waals surface area (Å²) in [6.45, 7) is 0. The molecule has 0 spiro atoms. The molecule has 0 aliphatic rings. The van der Waals surface area contributed by atoms with Crippen molar-refractivity contribution in [3.63, 3.8) is 0 Å². The van der Waals surface area contributed by atoms with Gasteiger partial charge in [0.05, 0.1) is 3.92 Å². The number of hydrogen-bond donors (Lipinski definition) is 2. The van der Waals surface area contributed by atoms with Crippen molar-refractivity contribution < 1.29 is 9.90 Å². The summed E-state index contributed by atoms with van der Waals surface area (Å²) < 4.78 is -0.184. The fourth-order valence-corrected chi connectivity index (χ4v) is 1.69. The molecule has 0 aromatic heterocycles. The van der Waals surface area contributed by atoms with Crippen molar-refractivity contribution in [3.8, 4) is 0 Å². The van der Waals surface area contributed by atoms with Crippen LogP contribution in [0.1, 0.15) is 16.9 Å². The molecule has 2 atom stereocenters. The van der Waals surface area contributed by atoms with E-state index in [0.717, 1.165) is 5.56 Å². The Labute approximate surface area is 97.5 Å². The maximum Gasteiger partial charge on any atom is 0.321 e. The molecule has 0 heterocycles. The average molecular weight is 307 g/mol. The van der Waals surface area contributed by atoms with Crippen molar-refractivity contribution in [3.05, 3.63) is 35.9 Å². The highest BCUT2D eigenvalue weighted by atomic mass is 127. The van der Waals surface area contributed by atoms with Gasteiger partial charge in [-0.25, -0.2) is 0 Å². The Bertz CT molecular complexity index is 289. The van der Waals surface area contributed by atoms with Crippen molar-refractivity contribution in [2.75, 3.05) is 0 Å². The minimum atomic E-state index is -0.969. The van der Waals surface area contributed by atoms with Crippen LogP contribution in [-0.4, -0.2) is 17.1 Å². The van der Waals surface area contributed by atoms with E-state index in [9.17, 15) is 4.79 Å². The molecule has 0 saturated heterocycles. The molecule has 1 aromatic carbocycles. The van der Waals surface area contributed by atoms with Gasteiger partial charge in [0.15, 0.2) is 0 Å². The molecule has 1 rings (SSSR count). The van der Waals surface area contributed by atoms with Gasteiger partial charge in [-0.15, -0.1) is 0 Å². The lowest BCUT2D eigenvalue weighted by molar-refractivity contribution is -0.138. The Morgan fingerprint density at radius 3 is 2.29 bits per heavy atom. The number of carboxylic acid groups (broad SMARTS) is 1. The Balaban J connectivity index is 0.00000169. The quantitative estimate of drug-likeness (QED) is 0.665. The van der Waals surface area contributed by atoms with Crippen LogP contribution >= 0.6 is 22.6 Å². The second-order valence-electron chi connectivity index (χ2n) is 2.68. The van der Waals surface area contributed by atoms with Crippen molar-refractivity contribution in [2.24, 2.45) is 5.73 Å². The van der Waals surface area contributed by atoms with Gasteiger partial charge in [0.1, 0.15) is 6.04 Å². The van der Waals surface area contributed by atoms with Gasteiger partial charge in [-0.2, -0.15) is 0 Å². The summed E-state index contributed by atoms with van der Waals surface area (Å²) in [7, 11) is 0. The molecular weight excluding hydrogens is 293 g/mol. The van der Waals surface area contributed by atoms with Gasteiger partial charge >= 0.3 is 5.97 Å². The highest BCUT2D eigenvalue weighted by molar-refractivity contribution is 14.1. The molecular formula is C10H14INO2. The first kappa shape index (κ1) is 13.4. The van der Waals surface area contributed by atoms with Crippen LogP contribution in [0.2, 0.25) is 0 Å². The number of hydrogen-bond acceptors (Lipinski definition) is 2. The van der Waals surface area contributed by atoms with Crippen LogP contribution in [0.15, 0.2) is 30.3 Å². The van der Waals surface area contributed by atoms with Crippen LogP contribution < -0.4 is 5.73 Å². The Morgan fingerprint density at radius 1 is 1.36 bits per heavy atom. The van der Waals surface area contributed by atoms with Gasteiger partial charge in [0, 0.05) is 0 Å². The summed E-state index contributed by atoms with van der Waals surface area (Å²) >= 11 is 2.04. The molecule has 3 nitrogen and oxygen atoms in total. The molecule has 0 radical (unpaired) electrons. The summed E-state index contributed by atoms with van der Waals surface area (Å²) in [5.41, 5.74) is 6.43. The second kappa shape index (κ2) is 5.98. The lowest BCUT2D eigenvalue weighted by Gasteiger charge is -2.13. The zero-order valence-electron chi connectivity index (χ0n) is 6.85. The summed E-state index contributed by atoms with van der Waals surface area (Å²) in [5, 5.41) is 8.68. The molecule has 0 aliphatic carbocycles. The highest BCUT2D eigenvalue weighted by Gasteiger charge is 2.22. The molecule has 1 aromatic rings. The zero-order chi connectivity index (χ0) is 9.84. The predicted molar refractivity (Wildman–Crippen MR) is 65.5 cm³/mol. The Hall–Kier alpha value is -0.620. The molecule has 14 heavy (non-hydrogen) atoms.